The van der Waals surface area contributed by atoms with Gasteiger partial charge < -0.3 is 9.90 Å². The minimum Gasteiger partial charge on any atom is -0.389 e. The Kier molecular flexibility index (Phi) is 17.6. The van der Waals surface area contributed by atoms with Crippen molar-refractivity contribution in [2.45, 2.75) is 58.0 Å². The Hall–Kier alpha value is -1.93. The van der Waals surface area contributed by atoms with E-state index in [1.54, 1.807) is 0 Å². The van der Waals surface area contributed by atoms with Gasteiger partial charge in [0.15, 0.2) is 0 Å². The van der Waals surface area contributed by atoms with Crippen molar-refractivity contribution in [2.24, 2.45) is 0 Å². The molecule has 0 aliphatic rings. The molecule has 0 spiro atoms. The Morgan fingerprint density at radius 3 is 1.92 bits per heavy atom. The van der Waals surface area contributed by atoms with Crippen molar-refractivity contribution in [3.05, 3.63) is 72.9 Å². The molecule has 0 heterocycles. The summed E-state index contributed by atoms with van der Waals surface area (Å²) in [6.07, 6.45) is 30.9. The number of carbonyl (C=O) groups is 1. The lowest BCUT2D eigenvalue weighted by atomic mass is 10.2. The van der Waals surface area contributed by atoms with Crippen LogP contribution in [0.3, 0.4) is 0 Å². The monoisotopic (exact) mass is 328 g/mol. The highest BCUT2D eigenvalue weighted by Gasteiger charge is 1.92. The molecule has 2 heteroatoms. The largest absolute Gasteiger partial charge is 0.389 e. The highest BCUT2D eigenvalue weighted by Crippen LogP contribution is 1.99. The van der Waals surface area contributed by atoms with Crippen LogP contribution in [0.1, 0.15) is 51.9 Å². The number of rotatable bonds is 14. The molecule has 0 aliphatic carbocycles. The van der Waals surface area contributed by atoms with Crippen molar-refractivity contribution in [1.82, 2.24) is 0 Å². The molecule has 24 heavy (non-hydrogen) atoms. The molecule has 0 saturated carbocycles. The molecule has 0 aromatic rings. The van der Waals surface area contributed by atoms with E-state index in [4.69, 9.17) is 0 Å². The van der Waals surface area contributed by atoms with E-state index in [0.29, 0.717) is 12.8 Å². The maximum absolute atomic E-state index is 10.1. The molecule has 0 rings (SSSR count). The lowest BCUT2D eigenvalue weighted by molar-refractivity contribution is -0.107. The highest BCUT2D eigenvalue weighted by molar-refractivity contribution is 5.49. The molecule has 2 nitrogen and oxygen atoms in total. The van der Waals surface area contributed by atoms with Crippen molar-refractivity contribution in [3.63, 3.8) is 0 Å². The number of allylic oxidation sites excluding steroid dienone is 10. The zero-order chi connectivity index (χ0) is 17.7. The normalized spacial score (nSPS) is 14.4. The van der Waals surface area contributed by atoms with Crippen LogP contribution in [0.4, 0.5) is 0 Å². The second-order valence-electron chi connectivity index (χ2n) is 5.36. The average Bonchev–Trinajstić information content (AvgIpc) is 2.59. The first-order valence-corrected chi connectivity index (χ1v) is 8.86. The number of carbonyl (C=O) groups excluding carboxylic acids is 1. The summed E-state index contributed by atoms with van der Waals surface area (Å²) in [5.74, 6) is 0. The molecular formula is C22H32O2. The van der Waals surface area contributed by atoms with Crippen LogP contribution in [-0.2, 0) is 4.79 Å². The molecule has 0 saturated heterocycles. The standard InChI is InChI=1S/C22H32O2/c1-2-3-4-16-19-22(24)20-17-14-12-10-8-6-5-7-9-11-13-15-18-21-23/h3-5,7-8,10-11,13-14,16-17,19,21-22,24H,2,6,9,12,15,18,20H2,1H3/b4-3-,7-5-,10-8-,13-11-,17-14-,19-16+. The Bertz CT molecular complexity index is 451. The Labute approximate surface area is 147 Å². The molecule has 0 radical (unpaired) electrons. The van der Waals surface area contributed by atoms with Crippen LogP contribution >= 0.6 is 0 Å². The summed E-state index contributed by atoms with van der Waals surface area (Å²) in [7, 11) is 0. The van der Waals surface area contributed by atoms with Gasteiger partial charge in [-0.1, -0.05) is 79.8 Å². The Balaban J connectivity index is 3.63. The molecular weight excluding hydrogens is 296 g/mol. The minimum absolute atomic E-state index is 0.408. The van der Waals surface area contributed by atoms with Crippen LogP contribution < -0.4 is 0 Å². The van der Waals surface area contributed by atoms with Gasteiger partial charge in [0.25, 0.3) is 0 Å². The van der Waals surface area contributed by atoms with Gasteiger partial charge in [0.1, 0.15) is 6.29 Å². The van der Waals surface area contributed by atoms with Gasteiger partial charge in [0.05, 0.1) is 6.10 Å². The molecule has 1 unspecified atom stereocenters. The fraction of sp³-hybridized carbons (Fsp3) is 0.409. The second-order valence-corrected chi connectivity index (χ2v) is 5.36. The van der Waals surface area contributed by atoms with Crippen molar-refractivity contribution in [3.8, 4) is 0 Å². The molecule has 0 fully saturated rings. The van der Waals surface area contributed by atoms with E-state index in [9.17, 15) is 9.90 Å². The van der Waals surface area contributed by atoms with E-state index in [2.05, 4.69) is 49.5 Å². The summed E-state index contributed by atoms with van der Waals surface area (Å²) in [5.41, 5.74) is 0. The van der Waals surface area contributed by atoms with E-state index in [1.807, 2.05) is 30.4 Å². The Morgan fingerprint density at radius 1 is 0.750 bits per heavy atom. The topological polar surface area (TPSA) is 37.3 Å². The molecule has 0 aromatic heterocycles. The lowest BCUT2D eigenvalue weighted by Gasteiger charge is -1.98. The lowest BCUT2D eigenvalue weighted by Crippen LogP contribution is -1.98. The number of hydrogen-bond donors (Lipinski definition) is 1. The predicted molar refractivity (Wildman–Crippen MR) is 105 cm³/mol. The van der Waals surface area contributed by atoms with Crippen LogP contribution in [0, 0.1) is 0 Å². The number of aldehydes is 1. The van der Waals surface area contributed by atoms with Gasteiger partial charge in [-0.25, -0.2) is 0 Å². The number of hydrogen-bond acceptors (Lipinski definition) is 2. The molecule has 0 amide bonds. The smallest absolute Gasteiger partial charge is 0.120 e. The molecule has 0 bridgehead atoms. The Morgan fingerprint density at radius 2 is 1.33 bits per heavy atom. The van der Waals surface area contributed by atoms with Crippen molar-refractivity contribution in [2.75, 3.05) is 0 Å². The third kappa shape index (κ3) is 18.1. The van der Waals surface area contributed by atoms with E-state index in [-0.39, 0.29) is 0 Å². The van der Waals surface area contributed by atoms with Crippen LogP contribution in [0.2, 0.25) is 0 Å². The fourth-order valence-corrected chi connectivity index (χ4v) is 1.82. The molecule has 0 aromatic carbocycles. The number of unbranched alkanes of at least 4 members (excludes halogenated alkanes) is 1. The van der Waals surface area contributed by atoms with Crippen molar-refractivity contribution in [1.29, 1.82) is 0 Å². The van der Waals surface area contributed by atoms with Gasteiger partial charge in [-0.2, -0.15) is 0 Å². The highest BCUT2D eigenvalue weighted by atomic mass is 16.3. The van der Waals surface area contributed by atoms with Gasteiger partial charge in [0.2, 0.25) is 0 Å². The molecule has 132 valence electrons. The van der Waals surface area contributed by atoms with Crippen molar-refractivity contribution < 1.29 is 9.90 Å². The first-order valence-electron chi connectivity index (χ1n) is 8.86. The zero-order valence-electron chi connectivity index (χ0n) is 14.9. The first kappa shape index (κ1) is 22.1. The number of aliphatic hydroxyl groups excluding tert-OH is 1. The fourth-order valence-electron chi connectivity index (χ4n) is 1.82. The van der Waals surface area contributed by atoms with Crippen LogP contribution in [0.15, 0.2) is 72.9 Å². The van der Waals surface area contributed by atoms with Crippen molar-refractivity contribution >= 4 is 6.29 Å². The second kappa shape index (κ2) is 19.1. The minimum atomic E-state index is -0.408. The van der Waals surface area contributed by atoms with Gasteiger partial charge >= 0.3 is 0 Å². The summed E-state index contributed by atoms with van der Waals surface area (Å²) in [5, 5.41) is 9.72. The van der Waals surface area contributed by atoms with Crippen LogP contribution in [-0.4, -0.2) is 17.5 Å². The van der Waals surface area contributed by atoms with E-state index in [1.165, 1.54) is 0 Å². The zero-order valence-corrected chi connectivity index (χ0v) is 14.9. The van der Waals surface area contributed by atoms with Gasteiger partial charge in [-0.15, -0.1) is 0 Å². The van der Waals surface area contributed by atoms with Gasteiger partial charge in [-0.3, -0.25) is 0 Å². The summed E-state index contributed by atoms with van der Waals surface area (Å²) in [4.78, 5) is 10.1. The van der Waals surface area contributed by atoms with Crippen LogP contribution in [0.5, 0.6) is 0 Å². The molecule has 1 N–H and O–H groups in total. The van der Waals surface area contributed by atoms with E-state index < -0.39 is 6.10 Å². The van der Waals surface area contributed by atoms with Gasteiger partial charge in [0, 0.05) is 6.42 Å². The summed E-state index contributed by atoms with van der Waals surface area (Å²) >= 11 is 0. The first-order chi connectivity index (χ1) is 11.8. The summed E-state index contributed by atoms with van der Waals surface area (Å²) in [6, 6.07) is 0. The summed E-state index contributed by atoms with van der Waals surface area (Å²) < 4.78 is 0. The maximum atomic E-state index is 10.1. The number of aliphatic hydroxyl groups is 1. The van der Waals surface area contributed by atoms with E-state index in [0.717, 1.165) is 38.4 Å². The molecule has 1 atom stereocenters. The SMILES string of the molecule is CC/C=C\C=C\C(O)C/C=C\C/C=C\C/C=C\C/C=C\CCC=O. The maximum Gasteiger partial charge on any atom is 0.120 e. The third-order valence-corrected chi connectivity index (χ3v) is 3.13. The van der Waals surface area contributed by atoms with Crippen LogP contribution in [0.25, 0.3) is 0 Å². The molecule has 0 aliphatic heterocycles. The third-order valence-electron chi connectivity index (χ3n) is 3.13. The van der Waals surface area contributed by atoms with Gasteiger partial charge in [-0.05, 0) is 38.5 Å². The quantitative estimate of drug-likeness (QED) is 0.194. The summed E-state index contributed by atoms with van der Waals surface area (Å²) in [6.45, 7) is 2.09. The predicted octanol–water partition coefficient (Wildman–Crippen LogP) is 5.63. The van der Waals surface area contributed by atoms with E-state index >= 15 is 0 Å². The average molecular weight is 328 g/mol.